The summed E-state index contributed by atoms with van der Waals surface area (Å²) in [6.45, 7) is 13.4. The molecule has 0 fully saturated rings. The first-order valence-corrected chi connectivity index (χ1v) is 7.97. The Balaban J connectivity index is 1.87. The van der Waals surface area contributed by atoms with Gasteiger partial charge in [-0.25, -0.2) is 0 Å². The van der Waals surface area contributed by atoms with Crippen LogP contribution in [0.5, 0.6) is 0 Å². The van der Waals surface area contributed by atoms with Crippen LogP contribution in [0.15, 0.2) is 66.7 Å². The molecule has 0 unspecified atom stereocenters. The van der Waals surface area contributed by atoms with Gasteiger partial charge in [0.05, 0.1) is 6.04 Å². The highest BCUT2D eigenvalue weighted by molar-refractivity contribution is 6.00. The van der Waals surface area contributed by atoms with E-state index in [1.165, 1.54) is 11.1 Å². The van der Waals surface area contributed by atoms with Crippen LogP contribution < -0.4 is 5.32 Å². The summed E-state index contributed by atoms with van der Waals surface area (Å²) in [5.41, 5.74) is 7.80. The van der Waals surface area contributed by atoms with Crippen molar-refractivity contribution in [3.63, 3.8) is 0 Å². The zero-order chi connectivity index (χ0) is 16.4. The SMILES string of the molecule is C=C1c2ccccc2C(=C)C1Nc1cccc(C(C)=NCC)c1. The van der Waals surface area contributed by atoms with Gasteiger partial charge < -0.3 is 5.32 Å². The van der Waals surface area contributed by atoms with E-state index >= 15 is 0 Å². The molecule has 0 amide bonds. The lowest BCUT2D eigenvalue weighted by atomic mass is 10.1. The van der Waals surface area contributed by atoms with Gasteiger partial charge in [-0.05, 0) is 53.8 Å². The maximum atomic E-state index is 4.48. The van der Waals surface area contributed by atoms with Crippen molar-refractivity contribution in [3.8, 4) is 0 Å². The molecule has 2 heteroatoms. The van der Waals surface area contributed by atoms with Gasteiger partial charge in [0.25, 0.3) is 0 Å². The van der Waals surface area contributed by atoms with Crippen molar-refractivity contribution in [2.45, 2.75) is 19.9 Å². The number of nitrogens with one attached hydrogen (secondary N) is 1. The number of rotatable bonds is 4. The zero-order valence-electron chi connectivity index (χ0n) is 13.8. The minimum absolute atomic E-state index is 0.0473. The van der Waals surface area contributed by atoms with Crippen molar-refractivity contribution in [3.05, 3.63) is 78.4 Å². The van der Waals surface area contributed by atoms with E-state index in [0.29, 0.717) is 0 Å². The minimum Gasteiger partial charge on any atom is -0.374 e. The highest BCUT2D eigenvalue weighted by Crippen LogP contribution is 2.40. The van der Waals surface area contributed by atoms with Gasteiger partial charge >= 0.3 is 0 Å². The molecular weight excluding hydrogens is 280 g/mol. The van der Waals surface area contributed by atoms with Gasteiger partial charge in [-0.3, -0.25) is 4.99 Å². The van der Waals surface area contributed by atoms with Crippen molar-refractivity contribution >= 4 is 22.5 Å². The summed E-state index contributed by atoms with van der Waals surface area (Å²) in [6, 6.07) is 16.7. The summed E-state index contributed by atoms with van der Waals surface area (Å²) >= 11 is 0. The van der Waals surface area contributed by atoms with E-state index in [0.717, 1.165) is 34.7 Å². The molecule has 0 aliphatic heterocycles. The molecule has 1 N–H and O–H groups in total. The van der Waals surface area contributed by atoms with Crippen molar-refractivity contribution < 1.29 is 0 Å². The average Bonchev–Trinajstić information content (AvgIpc) is 2.81. The molecule has 0 saturated carbocycles. The Hall–Kier alpha value is -2.61. The average molecular weight is 302 g/mol. The number of anilines is 1. The monoisotopic (exact) mass is 302 g/mol. The van der Waals surface area contributed by atoms with E-state index in [-0.39, 0.29) is 6.04 Å². The molecule has 0 heterocycles. The molecule has 0 bridgehead atoms. The minimum atomic E-state index is 0.0473. The maximum Gasteiger partial charge on any atom is 0.0768 e. The lowest BCUT2D eigenvalue weighted by molar-refractivity contribution is 1.12. The molecule has 2 aromatic rings. The van der Waals surface area contributed by atoms with E-state index in [9.17, 15) is 0 Å². The predicted octanol–water partition coefficient (Wildman–Crippen LogP) is 5.04. The van der Waals surface area contributed by atoms with Crippen LogP contribution in [-0.4, -0.2) is 18.3 Å². The number of aliphatic imine (C=N–C) groups is 1. The van der Waals surface area contributed by atoms with Crippen LogP contribution in [0.25, 0.3) is 11.1 Å². The molecule has 23 heavy (non-hydrogen) atoms. The molecule has 1 aliphatic carbocycles. The molecule has 0 saturated heterocycles. The lowest BCUT2D eigenvalue weighted by Gasteiger charge is -2.17. The third-order valence-electron chi connectivity index (χ3n) is 4.30. The van der Waals surface area contributed by atoms with Crippen LogP contribution in [-0.2, 0) is 0 Å². The van der Waals surface area contributed by atoms with Gasteiger partial charge in [-0.2, -0.15) is 0 Å². The van der Waals surface area contributed by atoms with Crippen molar-refractivity contribution in [2.75, 3.05) is 11.9 Å². The zero-order valence-corrected chi connectivity index (χ0v) is 13.8. The Morgan fingerprint density at radius 2 is 1.70 bits per heavy atom. The Bertz CT molecular complexity index is 764. The van der Waals surface area contributed by atoms with Crippen molar-refractivity contribution in [1.29, 1.82) is 0 Å². The molecule has 0 radical (unpaired) electrons. The second-order valence-corrected chi connectivity index (χ2v) is 5.81. The molecule has 0 aromatic heterocycles. The van der Waals surface area contributed by atoms with Crippen molar-refractivity contribution in [2.24, 2.45) is 4.99 Å². The second-order valence-electron chi connectivity index (χ2n) is 5.81. The van der Waals surface area contributed by atoms with Gasteiger partial charge in [-0.1, -0.05) is 49.6 Å². The first kappa shape index (κ1) is 15.3. The summed E-state index contributed by atoms with van der Waals surface area (Å²) in [4.78, 5) is 4.48. The summed E-state index contributed by atoms with van der Waals surface area (Å²) in [5, 5.41) is 3.57. The van der Waals surface area contributed by atoms with Crippen LogP contribution in [0.1, 0.15) is 30.5 Å². The number of hydrogen-bond acceptors (Lipinski definition) is 2. The normalized spacial score (nSPS) is 15.0. The van der Waals surface area contributed by atoms with Gasteiger partial charge in [-0.15, -0.1) is 0 Å². The summed E-state index contributed by atoms with van der Waals surface area (Å²) in [7, 11) is 0. The van der Waals surface area contributed by atoms with Crippen LogP contribution in [0.3, 0.4) is 0 Å². The highest BCUT2D eigenvalue weighted by atomic mass is 14.9. The van der Waals surface area contributed by atoms with Gasteiger partial charge in [0, 0.05) is 17.9 Å². The van der Waals surface area contributed by atoms with E-state index in [1.807, 2.05) is 19.1 Å². The molecule has 1 aliphatic rings. The maximum absolute atomic E-state index is 4.48. The van der Waals surface area contributed by atoms with E-state index in [4.69, 9.17) is 0 Å². The summed E-state index contributed by atoms with van der Waals surface area (Å²) < 4.78 is 0. The lowest BCUT2D eigenvalue weighted by Crippen LogP contribution is -2.17. The summed E-state index contributed by atoms with van der Waals surface area (Å²) in [5.74, 6) is 0. The Morgan fingerprint density at radius 3 is 2.30 bits per heavy atom. The largest absolute Gasteiger partial charge is 0.374 e. The molecule has 0 atom stereocenters. The summed E-state index contributed by atoms with van der Waals surface area (Å²) in [6.07, 6.45) is 0. The van der Waals surface area contributed by atoms with Crippen LogP contribution in [0.2, 0.25) is 0 Å². The third kappa shape index (κ3) is 2.85. The van der Waals surface area contributed by atoms with Crippen LogP contribution in [0, 0.1) is 0 Å². The Labute approximate surface area is 138 Å². The van der Waals surface area contributed by atoms with E-state index in [2.05, 4.69) is 66.8 Å². The first-order valence-electron chi connectivity index (χ1n) is 7.97. The van der Waals surface area contributed by atoms with E-state index in [1.54, 1.807) is 0 Å². The fourth-order valence-corrected chi connectivity index (χ4v) is 3.07. The Morgan fingerprint density at radius 1 is 1.04 bits per heavy atom. The third-order valence-corrected chi connectivity index (χ3v) is 4.30. The van der Waals surface area contributed by atoms with E-state index < -0.39 is 0 Å². The Kier molecular flexibility index (Phi) is 4.16. The molecule has 2 aromatic carbocycles. The molecule has 116 valence electrons. The van der Waals surface area contributed by atoms with Crippen LogP contribution >= 0.6 is 0 Å². The first-order chi connectivity index (χ1) is 11.1. The van der Waals surface area contributed by atoms with Gasteiger partial charge in [0.2, 0.25) is 0 Å². The molecule has 3 rings (SSSR count). The second kappa shape index (κ2) is 6.25. The molecule has 0 spiro atoms. The fraction of sp³-hybridized carbons (Fsp3) is 0.190. The molecular formula is C21H22N2. The molecule has 2 nitrogen and oxygen atoms in total. The van der Waals surface area contributed by atoms with Crippen LogP contribution in [0.4, 0.5) is 5.69 Å². The fourth-order valence-electron chi connectivity index (χ4n) is 3.07. The smallest absolute Gasteiger partial charge is 0.0768 e. The number of fused-ring (bicyclic) bond motifs is 1. The standard InChI is InChI=1S/C21H22N2/c1-5-22-16(4)17-9-8-10-18(13-17)23-21-14(2)19-11-6-7-12-20(19)15(21)3/h6-13,21,23H,2-3,5H2,1,4H3. The van der Waals surface area contributed by atoms with Gasteiger partial charge in [0.1, 0.15) is 0 Å². The number of benzene rings is 2. The number of hydrogen-bond donors (Lipinski definition) is 1. The predicted molar refractivity (Wildman–Crippen MR) is 101 cm³/mol. The quantitative estimate of drug-likeness (QED) is 0.786. The topological polar surface area (TPSA) is 24.4 Å². The van der Waals surface area contributed by atoms with Crippen molar-refractivity contribution in [1.82, 2.24) is 0 Å². The highest BCUT2D eigenvalue weighted by Gasteiger charge is 2.28. The number of nitrogens with zero attached hydrogens (tertiary/aromatic N) is 1. The van der Waals surface area contributed by atoms with Gasteiger partial charge in [0.15, 0.2) is 0 Å².